The van der Waals surface area contributed by atoms with E-state index in [-0.39, 0.29) is 10.3 Å². The van der Waals surface area contributed by atoms with Gasteiger partial charge in [-0.2, -0.15) is 0 Å². The zero-order valence-corrected chi connectivity index (χ0v) is 20.4. The Hall–Kier alpha value is -3.38. The van der Waals surface area contributed by atoms with Crippen molar-refractivity contribution in [3.05, 3.63) is 105 Å². The van der Waals surface area contributed by atoms with E-state index in [2.05, 4.69) is 26.8 Å². The summed E-state index contributed by atoms with van der Waals surface area (Å²) in [5, 5.41) is 14.3. The van der Waals surface area contributed by atoms with Crippen LogP contribution in [0.25, 0.3) is 0 Å². The van der Waals surface area contributed by atoms with Gasteiger partial charge in [-0.15, -0.1) is 0 Å². The fourth-order valence-corrected chi connectivity index (χ4v) is 4.49. The number of para-hydroxylation sites is 1. The number of anilines is 1. The minimum atomic E-state index is -1.03. The predicted octanol–water partition coefficient (Wildman–Crippen LogP) is 6.57. The number of nitrogens with zero attached hydrogens (tertiary/aromatic N) is 2. The van der Waals surface area contributed by atoms with Crippen LogP contribution < -0.4 is 9.80 Å². The highest BCUT2D eigenvalue weighted by Crippen LogP contribution is 2.48. The van der Waals surface area contributed by atoms with Gasteiger partial charge in [-0.3, -0.25) is 15.0 Å². The monoisotopic (exact) mass is 460 g/mol. The van der Waals surface area contributed by atoms with Crippen LogP contribution in [0.3, 0.4) is 0 Å². The van der Waals surface area contributed by atoms with Crippen molar-refractivity contribution < 1.29 is 14.5 Å². The number of hydrogen-bond acceptors (Lipinski definition) is 5. The van der Waals surface area contributed by atoms with Gasteiger partial charge < -0.3 is 4.74 Å². The molecule has 1 fully saturated rings. The Labute approximate surface area is 201 Å². The highest BCUT2D eigenvalue weighted by atomic mass is 16.7. The van der Waals surface area contributed by atoms with E-state index < -0.39 is 18.2 Å². The van der Waals surface area contributed by atoms with Gasteiger partial charge in [0.25, 0.3) is 6.04 Å². The Bertz CT molecular complexity index is 1140. The first-order valence-corrected chi connectivity index (χ1v) is 11.7. The minimum absolute atomic E-state index is 0.0848. The van der Waals surface area contributed by atoms with Crippen molar-refractivity contribution in [3.8, 4) is 5.75 Å². The van der Waals surface area contributed by atoms with Crippen LogP contribution in [0.2, 0.25) is 0 Å². The molecule has 0 radical (unpaired) electrons. The Kier molecular flexibility index (Phi) is 6.62. The smallest absolute Gasteiger partial charge is 0.272 e. The fourth-order valence-electron chi connectivity index (χ4n) is 4.49. The van der Waals surface area contributed by atoms with E-state index in [4.69, 9.17) is 9.57 Å². The standard InChI is InChI=1S/C28H32N2O4/c1-6-28(3,4)21-16-17-24(33-5)23(18-21)25-26(30(31)32)27(20-14-12-19(2)13-15-20)34-29(25)22-10-8-7-9-11-22/h7-18,25-27H,6H2,1-5H3/t25-,26-,27+/m1/s1. The lowest BCUT2D eigenvalue weighted by atomic mass is 9.80. The Morgan fingerprint density at radius 2 is 1.74 bits per heavy atom. The van der Waals surface area contributed by atoms with Crippen LogP contribution in [0.1, 0.15) is 61.6 Å². The molecule has 6 nitrogen and oxygen atoms in total. The van der Waals surface area contributed by atoms with Gasteiger partial charge in [-0.1, -0.05) is 74.9 Å². The van der Waals surface area contributed by atoms with Crippen molar-refractivity contribution >= 4 is 5.69 Å². The quantitative estimate of drug-likeness (QED) is 0.295. The van der Waals surface area contributed by atoms with Crippen molar-refractivity contribution in [2.45, 2.75) is 57.7 Å². The largest absolute Gasteiger partial charge is 0.496 e. The van der Waals surface area contributed by atoms with E-state index in [1.54, 1.807) is 12.2 Å². The van der Waals surface area contributed by atoms with Crippen LogP contribution >= 0.6 is 0 Å². The average Bonchev–Trinajstić information content (AvgIpc) is 3.25. The zero-order valence-electron chi connectivity index (χ0n) is 20.4. The second-order valence-electron chi connectivity index (χ2n) is 9.51. The van der Waals surface area contributed by atoms with E-state index in [0.29, 0.717) is 5.75 Å². The summed E-state index contributed by atoms with van der Waals surface area (Å²) < 4.78 is 5.72. The molecule has 3 atom stereocenters. The highest BCUT2D eigenvalue weighted by Gasteiger charge is 2.54. The molecule has 1 aliphatic rings. The number of ether oxygens (including phenoxy) is 1. The van der Waals surface area contributed by atoms with Crippen molar-refractivity contribution in [2.24, 2.45) is 0 Å². The summed E-state index contributed by atoms with van der Waals surface area (Å²) in [6.07, 6.45) is 0.195. The minimum Gasteiger partial charge on any atom is -0.496 e. The number of aryl methyl sites for hydroxylation is 1. The number of rotatable bonds is 7. The van der Waals surface area contributed by atoms with Crippen LogP contribution in [-0.2, 0) is 10.3 Å². The van der Waals surface area contributed by atoms with Gasteiger partial charge in [0.15, 0.2) is 12.1 Å². The molecule has 0 saturated carbocycles. The maximum absolute atomic E-state index is 12.6. The van der Waals surface area contributed by atoms with Gasteiger partial charge in [0.1, 0.15) is 5.75 Å². The van der Waals surface area contributed by atoms with Gasteiger partial charge in [0.2, 0.25) is 0 Å². The molecule has 6 heteroatoms. The van der Waals surface area contributed by atoms with E-state index in [9.17, 15) is 10.1 Å². The molecular weight excluding hydrogens is 428 g/mol. The second kappa shape index (κ2) is 9.47. The molecule has 4 rings (SSSR count). The van der Waals surface area contributed by atoms with Gasteiger partial charge >= 0.3 is 0 Å². The number of nitro groups is 1. The van der Waals surface area contributed by atoms with E-state index in [1.165, 1.54) is 0 Å². The predicted molar refractivity (Wildman–Crippen MR) is 134 cm³/mol. The van der Waals surface area contributed by atoms with E-state index in [0.717, 1.165) is 34.4 Å². The molecule has 1 saturated heterocycles. The van der Waals surface area contributed by atoms with Crippen LogP contribution in [0.15, 0.2) is 72.8 Å². The molecule has 0 spiro atoms. The number of hydroxylamine groups is 1. The fraction of sp³-hybridized carbons (Fsp3) is 0.357. The number of methoxy groups -OCH3 is 1. The van der Waals surface area contributed by atoms with Crippen LogP contribution in [0.5, 0.6) is 5.75 Å². The second-order valence-corrected chi connectivity index (χ2v) is 9.51. The molecule has 0 N–H and O–H groups in total. The van der Waals surface area contributed by atoms with Crippen molar-refractivity contribution in [2.75, 3.05) is 12.2 Å². The van der Waals surface area contributed by atoms with Gasteiger partial charge in [-0.05, 0) is 54.2 Å². The summed E-state index contributed by atoms with van der Waals surface area (Å²) in [5.74, 6) is 0.613. The third-order valence-corrected chi connectivity index (χ3v) is 6.99. The summed E-state index contributed by atoms with van der Waals surface area (Å²) >= 11 is 0. The Morgan fingerprint density at radius 1 is 1.06 bits per heavy atom. The topological polar surface area (TPSA) is 64.8 Å². The van der Waals surface area contributed by atoms with Crippen molar-refractivity contribution in [3.63, 3.8) is 0 Å². The van der Waals surface area contributed by atoms with Gasteiger partial charge in [-0.25, -0.2) is 5.06 Å². The molecule has 0 aliphatic carbocycles. The van der Waals surface area contributed by atoms with Crippen molar-refractivity contribution in [1.82, 2.24) is 0 Å². The zero-order chi connectivity index (χ0) is 24.5. The molecule has 0 bridgehead atoms. The van der Waals surface area contributed by atoms with Crippen molar-refractivity contribution in [1.29, 1.82) is 0 Å². The maximum atomic E-state index is 12.6. The molecule has 178 valence electrons. The first kappa shape index (κ1) is 23.8. The average molecular weight is 461 g/mol. The van der Waals surface area contributed by atoms with Crippen LogP contribution in [0.4, 0.5) is 5.69 Å². The van der Waals surface area contributed by atoms with Crippen LogP contribution in [0, 0.1) is 17.0 Å². The molecule has 0 amide bonds. The molecule has 1 aliphatic heterocycles. The number of hydrogen-bond donors (Lipinski definition) is 0. The first-order chi connectivity index (χ1) is 16.3. The third-order valence-electron chi connectivity index (χ3n) is 6.99. The summed E-state index contributed by atoms with van der Waals surface area (Å²) in [6, 6.07) is 21.6. The van der Waals surface area contributed by atoms with Crippen LogP contribution in [-0.4, -0.2) is 18.1 Å². The SMILES string of the molecule is CCC(C)(C)c1ccc(OC)c([C@@H]2[C@@H]([N+](=O)[O-])[C@H](c3ccc(C)cc3)ON2c2ccccc2)c1. The van der Waals surface area contributed by atoms with E-state index in [1.807, 2.05) is 73.7 Å². The third kappa shape index (κ3) is 4.38. The summed E-state index contributed by atoms with van der Waals surface area (Å²) in [7, 11) is 1.60. The molecule has 3 aromatic rings. The highest BCUT2D eigenvalue weighted by molar-refractivity contribution is 5.52. The molecule has 0 aromatic heterocycles. The molecule has 0 unspecified atom stereocenters. The van der Waals surface area contributed by atoms with Gasteiger partial charge in [0, 0.05) is 10.5 Å². The first-order valence-electron chi connectivity index (χ1n) is 11.7. The Morgan fingerprint density at radius 3 is 2.32 bits per heavy atom. The van der Waals surface area contributed by atoms with Gasteiger partial charge in [0.05, 0.1) is 12.8 Å². The lowest BCUT2D eigenvalue weighted by Crippen LogP contribution is -2.33. The Balaban J connectivity index is 1.92. The maximum Gasteiger partial charge on any atom is 0.272 e. The molecule has 34 heavy (non-hydrogen) atoms. The number of benzene rings is 3. The lowest BCUT2D eigenvalue weighted by Gasteiger charge is -2.29. The molecule has 3 aromatic carbocycles. The molecule has 1 heterocycles. The summed E-state index contributed by atoms with van der Waals surface area (Å²) in [6.45, 7) is 8.50. The summed E-state index contributed by atoms with van der Waals surface area (Å²) in [5.41, 5.74) is 4.41. The van der Waals surface area contributed by atoms with E-state index >= 15 is 0 Å². The lowest BCUT2D eigenvalue weighted by molar-refractivity contribution is -0.531. The summed E-state index contributed by atoms with van der Waals surface area (Å²) in [4.78, 5) is 18.8. The molecular formula is C28H32N2O4. The normalized spacial score (nSPS) is 20.4.